The molecule has 5 rings (SSSR count). The van der Waals surface area contributed by atoms with Gasteiger partial charge in [-0.15, -0.1) is 11.8 Å². The van der Waals surface area contributed by atoms with Crippen LogP contribution in [0.2, 0.25) is 5.28 Å². The van der Waals surface area contributed by atoms with Crippen LogP contribution in [-0.2, 0) is 42.1 Å². The second kappa shape index (κ2) is 15.3. The molecule has 4 heterocycles. The normalized spacial score (nSPS) is 24.7. The number of anilines is 1. The van der Waals surface area contributed by atoms with E-state index in [1.807, 2.05) is 20.8 Å². The van der Waals surface area contributed by atoms with E-state index in [1.54, 1.807) is 50.4 Å². The summed E-state index contributed by atoms with van der Waals surface area (Å²) in [6.45, 7) is 14.3. The van der Waals surface area contributed by atoms with Gasteiger partial charge in [-0.1, -0.05) is 12.8 Å². The monoisotopic (exact) mass is 747 g/mol. The van der Waals surface area contributed by atoms with Gasteiger partial charge < -0.3 is 32.7 Å². The van der Waals surface area contributed by atoms with E-state index in [0.717, 1.165) is 37.4 Å². The molecule has 2 aliphatic heterocycles. The van der Waals surface area contributed by atoms with Crippen LogP contribution in [0, 0.1) is 0 Å². The van der Waals surface area contributed by atoms with Crippen LogP contribution >= 0.6 is 31.0 Å². The van der Waals surface area contributed by atoms with E-state index in [0.29, 0.717) is 16.9 Å². The maximum atomic E-state index is 13.8. The Hall–Kier alpha value is -2.04. The summed E-state index contributed by atoms with van der Waals surface area (Å²) in [5.41, 5.74) is -0.403. The van der Waals surface area contributed by atoms with Gasteiger partial charge in [0.2, 0.25) is 10.3 Å². The first-order valence-electron chi connectivity index (χ1n) is 16.7. The molecule has 5 atom stereocenters. The molecule has 0 bridgehead atoms. The van der Waals surface area contributed by atoms with Gasteiger partial charge >= 0.3 is 19.7 Å². The summed E-state index contributed by atoms with van der Waals surface area (Å²) in [5.74, 6) is -1.22. The Balaban J connectivity index is 1.49. The highest BCUT2D eigenvalue weighted by molar-refractivity contribution is 8.06. The Morgan fingerprint density at radius 2 is 1.76 bits per heavy atom. The van der Waals surface area contributed by atoms with Crippen LogP contribution in [0.1, 0.15) is 87.3 Å². The highest BCUT2D eigenvalue weighted by Crippen LogP contribution is 2.58. The Morgan fingerprint density at radius 1 is 1.10 bits per heavy atom. The van der Waals surface area contributed by atoms with Crippen molar-refractivity contribution in [1.29, 1.82) is 0 Å². The maximum absolute atomic E-state index is 13.8. The summed E-state index contributed by atoms with van der Waals surface area (Å²) in [6.07, 6.45) is 1.83. The molecule has 2 aromatic rings. The second-order valence-corrected chi connectivity index (χ2v) is 17.3. The van der Waals surface area contributed by atoms with Crippen LogP contribution in [0.3, 0.4) is 0 Å². The van der Waals surface area contributed by atoms with Gasteiger partial charge in [-0.2, -0.15) is 15.1 Å². The van der Waals surface area contributed by atoms with Crippen LogP contribution < -0.4 is 4.90 Å². The van der Waals surface area contributed by atoms with Gasteiger partial charge in [0.1, 0.15) is 17.8 Å². The average Bonchev–Trinajstić information content (AvgIpc) is 3.78. The number of carbonyl (C=O) groups excluding carboxylic acids is 2. The van der Waals surface area contributed by atoms with Crippen LogP contribution in [0.25, 0.3) is 11.0 Å². The van der Waals surface area contributed by atoms with Crippen LogP contribution in [0.5, 0.6) is 0 Å². The lowest BCUT2D eigenvalue weighted by atomic mass is 10.1. The number of halogens is 1. The van der Waals surface area contributed by atoms with E-state index >= 15 is 0 Å². The third-order valence-corrected chi connectivity index (χ3v) is 12.5. The molecule has 18 heteroatoms. The first kappa shape index (κ1) is 38.2. The van der Waals surface area contributed by atoms with Crippen molar-refractivity contribution in [2.75, 3.05) is 30.5 Å². The number of aromatic nitrogens is 4. The van der Waals surface area contributed by atoms with Crippen molar-refractivity contribution in [3.8, 4) is 0 Å². The number of hydrogen-bond acceptors (Lipinski definition) is 14. The topological polar surface area (TPSA) is 163 Å². The van der Waals surface area contributed by atoms with Gasteiger partial charge in [0.15, 0.2) is 23.5 Å². The predicted molar refractivity (Wildman–Crippen MR) is 183 cm³/mol. The summed E-state index contributed by atoms with van der Waals surface area (Å²) in [5, 5.41) is 5.05. The summed E-state index contributed by atoms with van der Waals surface area (Å²) in [4.78, 5) is 36.0. The van der Waals surface area contributed by atoms with Crippen LogP contribution in [0.15, 0.2) is 6.20 Å². The Labute approximate surface area is 295 Å². The van der Waals surface area contributed by atoms with E-state index in [9.17, 15) is 14.2 Å². The molecule has 1 saturated carbocycles. The highest BCUT2D eigenvalue weighted by Gasteiger charge is 2.57. The molecule has 15 nitrogen and oxygen atoms in total. The lowest BCUT2D eigenvalue weighted by Gasteiger charge is -2.31. The minimum atomic E-state index is -3.90. The molecule has 0 spiro atoms. The Bertz CT molecular complexity index is 1540. The van der Waals surface area contributed by atoms with Gasteiger partial charge in [0.05, 0.1) is 37.5 Å². The van der Waals surface area contributed by atoms with Crippen molar-refractivity contribution in [2.45, 2.75) is 128 Å². The fourth-order valence-electron chi connectivity index (χ4n) is 6.35. The summed E-state index contributed by atoms with van der Waals surface area (Å²) >= 11 is 7.58. The number of fused-ring (bicyclic) bond motifs is 2. The highest BCUT2D eigenvalue weighted by atomic mass is 35.5. The van der Waals surface area contributed by atoms with Crippen molar-refractivity contribution < 1.29 is 46.9 Å². The minimum Gasteiger partial charge on any atom is -0.465 e. The molecule has 1 amide bonds. The third-order valence-electron chi connectivity index (χ3n) is 8.09. The van der Waals surface area contributed by atoms with Crippen molar-refractivity contribution in [2.24, 2.45) is 0 Å². The molecule has 0 aromatic carbocycles. The van der Waals surface area contributed by atoms with Crippen LogP contribution in [-0.4, -0.2) is 98.1 Å². The SMILES string of the molecule is CCOC(=O)C(SC[C@H]1O[C@@H](n2ncc3c(N(C(=O)OC(C)(C)C)C4CCCC4)nc(Cl)nc32)[C@@H]2OC(C)(C)O[C@@H]21)P(=O)(OCC)OCC. The number of ether oxygens (including phenoxy) is 5. The molecule has 1 unspecified atom stereocenters. The number of rotatable bonds is 13. The molecule has 2 saturated heterocycles. The van der Waals surface area contributed by atoms with Gasteiger partial charge in [0.25, 0.3) is 0 Å². The molecule has 1 aliphatic carbocycles. The van der Waals surface area contributed by atoms with E-state index in [4.69, 9.17) is 44.3 Å². The molecule has 3 aliphatic rings. The van der Waals surface area contributed by atoms with Crippen LogP contribution in [0.4, 0.5) is 10.6 Å². The van der Waals surface area contributed by atoms with Crippen molar-refractivity contribution >= 4 is 59.9 Å². The third kappa shape index (κ3) is 8.38. The molecule has 49 heavy (non-hydrogen) atoms. The fourth-order valence-corrected chi connectivity index (χ4v) is 10.1. The Kier molecular flexibility index (Phi) is 11.9. The number of thioether (sulfide) groups is 1. The molecule has 0 N–H and O–H groups in total. The molecule has 3 fully saturated rings. The number of carbonyl (C=O) groups is 2. The zero-order valence-corrected chi connectivity index (χ0v) is 31.7. The van der Waals surface area contributed by atoms with Gasteiger partial charge in [-0.25, -0.2) is 9.48 Å². The zero-order chi connectivity index (χ0) is 35.7. The molecular formula is C31H47ClN5O10PS. The molecule has 0 radical (unpaired) electrons. The first-order chi connectivity index (χ1) is 23.1. The number of hydrogen-bond donors (Lipinski definition) is 0. The van der Waals surface area contributed by atoms with Gasteiger partial charge in [-0.3, -0.25) is 14.3 Å². The Morgan fingerprint density at radius 3 is 2.37 bits per heavy atom. The lowest BCUT2D eigenvalue weighted by Crippen LogP contribution is -2.43. The zero-order valence-electron chi connectivity index (χ0n) is 29.3. The summed E-state index contributed by atoms with van der Waals surface area (Å²) in [6, 6.07) is -0.134. The average molecular weight is 748 g/mol. The smallest absolute Gasteiger partial charge is 0.416 e. The van der Waals surface area contributed by atoms with E-state index in [-0.39, 0.29) is 36.9 Å². The molecule has 2 aromatic heterocycles. The predicted octanol–water partition coefficient (Wildman–Crippen LogP) is 6.47. The first-order valence-corrected chi connectivity index (χ1v) is 19.8. The van der Waals surface area contributed by atoms with Crippen molar-refractivity contribution in [3.63, 3.8) is 0 Å². The maximum Gasteiger partial charge on any atom is 0.416 e. The minimum absolute atomic E-state index is 0.0798. The standard InChI is InChI=1S/C31H47ClN5O10PS/c1-9-41-26(38)27(48(40,42-10-2)43-11-3)49-17-20-21-22(46-31(7,8)45-21)25(44-20)37-24-19(16-33-37)23(34-28(32)35-24)36(18-14-12-13-15-18)29(39)47-30(4,5)6/h16,18,20-22,25,27H,9-15,17H2,1-8H3/t20-,21-,22-,25-,27?/m1/s1. The molecular weight excluding hydrogens is 701 g/mol. The fraction of sp³-hybridized carbons (Fsp3) is 0.774. The number of amides is 1. The van der Waals surface area contributed by atoms with Crippen molar-refractivity contribution in [3.05, 3.63) is 11.5 Å². The van der Waals surface area contributed by atoms with Gasteiger partial charge in [0, 0.05) is 11.8 Å². The summed E-state index contributed by atoms with van der Waals surface area (Å²) in [7, 11) is -3.90. The van der Waals surface area contributed by atoms with E-state index in [2.05, 4.69) is 15.1 Å². The second-order valence-electron chi connectivity index (χ2n) is 13.4. The lowest BCUT2D eigenvalue weighted by molar-refractivity contribution is -0.195. The van der Waals surface area contributed by atoms with E-state index < -0.39 is 60.6 Å². The van der Waals surface area contributed by atoms with Crippen molar-refractivity contribution in [1.82, 2.24) is 19.7 Å². The summed E-state index contributed by atoms with van der Waals surface area (Å²) < 4.78 is 56.6. The largest absolute Gasteiger partial charge is 0.465 e. The van der Waals surface area contributed by atoms with E-state index in [1.165, 1.54) is 0 Å². The molecule has 274 valence electrons. The number of esters is 1. The number of nitrogens with zero attached hydrogens (tertiary/aromatic N) is 5. The van der Waals surface area contributed by atoms with Gasteiger partial charge in [-0.05, 0) is 79.8 Å². The quantitative estimate of drug-likeness (QED) is 0.124.